The van der Waals surface area contributed by atoms with E-state index in [4.69, 9.17) is 16.7 Å². The van der Waals surface area contributed by atoms with Gasteiger partial charge in [-0.25, -0.2) is 0 Å². The average Bonchev–Trinajstić information content (AvgIpc) is 3.25. The van der Waals surface area contributed by atoms with Crippen molar-refractivity contribution in [2.45, 2.75) is 36.0 Å². The first-order valence-electron chi connectivity index (χ1n) is 9.59. The zero-order valence-corrected chi connectivity index (χ0v) is 16.9. The fourth-order valence-electron chi connectivity index (χ4n) is 4.35. The topological polar surface area (TPSA) is 38.7 Å². The van der Waals surface area contributed by atoms with E-state index >= 15 is 0 Å². The van der Waals surface area contributed by atoms with Gasteiger partial charge in [0.05, 0.1) is 5.56 Å². The Balaban J connectivity index is 1.52. The van der Waals surface area contributed by atoms with E-state index in [1.165, 1.54) is 18.4 Å². The standard InChI is InChI=1S/C21H22ClN3OS/c1-14-5-8-17-19-20(16-7-6-15(22)13-18(16)27-21(14)19)23-25(17,26)12-4-11-24-9-2-3-10-24/h5-8,13H,2-4,9-12H2,1H3. The van der Waals surface area contributed by atoms with Crippen LogP contribution in [0.15, 0.2) is 45.2 Å². The second-order valence-electron chi connectivity index (χ2n) is 7.62. The van der Waals surface area contributed by atoms with Crippen molar-refractivity contribution in [1.82, 2.24) is 9.66 Å². The highest BCUT2D eigenvalue weighted by atomic mass is 35.5. The summed E-state index contributed by atoms with van der Waals surface area (Å²) in [4.78, 5) is 4.69. The van der Waals surface area contributed by atoms with E-state index in [2.05, 4.69) is 17.9 Å². The van der Waals surface area contributed by atoms with Gasteiger partial charge in [-0.2, -0.15) is 4.76 Å². The first-order valence-corrected chi connectivity index (χ1v) is 10.8. The van der Waals surface area contributed by atoms with Gasteiger partial charge < -0.3 is 10.1 Å². The summed E-state index contributed by atoms with van der Waals surface area (Å²) in [5.74, 6) is 0. The van der Waals surface area contributed by atoms with Crippen LogP contribution in [0.2, 0.25) is 5.02 Å². The van der Waals surface area contributed by atoms with Crippen LogP contribution >= 0.6 is 23.4 Å². The molecule has 0 amide bonds. The molecule has 5 rings (SSSR count). The summed E-state index contributed by atoms with van der Waals surface area (Å²) in [6.45, 7) is 5.91. The third-order valence-corrected chi connectivity index (χ3v) is 7.28. The Kier molecular flexibility index (Phi) is 4.33. The minimum absolute atomic E-state index is 0.489. The number of nitrogens with zero attached hydrogens (tertiary/aromatic N) is 3. The van der Waals surface area contributed by atoms with Gasteiger partial charge in [0, 0.05) is 39.4 Å². The second-order valence-corrected chi connectivity index (χ2v) is 9.11. The Morgan fingerprint density at radius 1 is 1.22 bits per heavy atom. The number of hydroxylamine groups is 1. The summed E-state index contributed by atoms with van der Waals surface area (Å²) in [5.41, 5.74) is 4.87. The predicted octanol–water partition coefficient (Wildman–Crippen LogP) is 5.17. The van der Waals surface area contributed by atoms with Crippen molar-refractivity contribution in [3.63, 3.8) is 0 Å². The molecule has 0 aromatic heterocycles. The lowest BCUT2D eigenvalue weighted by Gasteiger charge is -2.33. The lowest BCUT2D eigenvalue weighted by molar-refractivity contribution is 0.302. The molecule has 1 fully saturated rings. The third kappa shape index (κ3) is 2.93. The molecule has 0 saturated carbocycles. The summed E-state index contributed by atoms with van der Waals surface area (Å²) in [5, 5.41) is 19.2. The summed E-state index contributed by atoms with van der Waals surface area (Å²) >= 11 is 7.91. The Morgan fingerprint density at radius 2 is 2.04 bits per heavy atom. The van der Waals surface area contributed by atoms with E-state index in [0.29, 0.717) is 11.6 Å². The molecular formula is C21H22ClN3OS. The van der Waals surface area contributed by atoms with Gasteiger partial charge in [-0.05, 0) is 56.6 Å². The Bertz CT molecular complexity index is 955. The lowest BCUT2D eigenvalue weighted by atomic mass is 9.99. The van der Waals surface area contributed by atoms with Gasteiger partial charge in [0.25, 0.3) is 0 Å². The molecule has 4 nitrogen and oxygen atoms in total. The molecule has 0 N–H and O–H groups in total. The molecular weight excluding hydrogens is 378 g/mol. The zero-order valence-electron chi connectivity index (χ0n) is 15.4. The van der Waals surface area contributed by atoms with Gasteiger partial charge in [-0.1, -0.05) is 34.5 Å². The van der Waals surface area contributed by atoms with Crippen LogP contribution in [-0.4, -0.2) is 36.8 Å². The molecule has 3 aliphatic heterocycles. The molecule has 140 valence electrons. The number of rotatable bonds is 4. The van der Waals surface area contributed by atoms with E-state index in [1.807, 2.05) is 24.3 Å². The van der Waals surface area contributed by atoms with Crippen molar-refractivity contribution in [1.29, 1.82) is 0 Å². The minimum atomic E-state index is -0.589. The van der Waals surface area contributed by atoms with Crippen LogP contribution in [0.5, 0.6) is 0 Å². The maximum atomic E-state index is 13.7. The number of benzene rings is 2. The first kappa shape index (κ1) is 17.7. The minimum Gasteiger partial charge on any atom is -0.599 e. The van der Waals surface area contributed by atoms with Crippen LogP contribution in [-0.2, 0) is 0 Å². The number of hydrogen-bond donors (Lipinski definition) is 0. The molecule has 3 heterocycles. The van der Waals surface area contributed by atoms with Crippen LogP contribution in [0.4, 0.5) is 5.69 Å². The molecule has 2 aromatic carbocycles. The fourth-order valence-corrected chi connectivity index (χ4v) is 5.80. The van der Waals surface area contributed by atoms with Crippen LogP contribution in [0, 0.1) is 12.1 Å². The molecule has 1 unspecified atom stereocenters. The molecule has 0 aliphatic carbocycles. The van der Waals surface area contributed by atoms with Gasteiger partial charge in [-0.3, -0.25) is 0 Å². The van der Waals surface area contributed by atoms with E-state index in [1.54, 1.807) is 11.8 Å². The number of fused-ring (bicyclic) bond motifs is 2. The zero-order chi connectivity index (χ0) is 18.6. The maximum Gasteiger partial charge on any atom is 0.170 e. The quantitative estimate of drug-likeness (QED) is 0.448. The third-order valence-electron chi connectivity index (χ3n) is 5.75. The number of hydrogen-bond acceptors (Lipinski definition) is 4. The highest BCUT2D eigenvalue weighted by Gasteiger charge is 2.40. The lowest BCUT2D eigenvalue weighted by Crippen LogP contribution is -2.38. The predicted molar refractivity (Wildman–Crippen MR) is 113 cm³/mol. The molecule has 1 saturated heterocycles. The van der Waals surface area contributed by atoms with Crippen LogP contribution < -0.4 is 4.76 Å². The van der Waals surface area contributed by atoms with Crippen LogP contribution in [0.3, 0.4) is 0 Å². The molecule has 0 bridgehead atoms. The SMILES string of the molecule is Cc1ccc2c3c1Sc1cc(Cl)ccc1C3=N[N+]2([O-])CCCN1CCCC1. The Hall–Kier alpha value is -1.37. The van der Waals surface area contributed by atoms with Gasteiger partial charge in [0.15, 0.2) is 5.69 Å². The van der Waals surface area contributed by atoms with Crippen molar-refractivity contribution >= 4 is 34.8 Å². The first-order chi connectivity index (χ1) is 13.0. The van der Waals surface area contributed by atoms with E-state index in [-0.39, 0.29) is 0 Å². The van der Waals surface area contributed by atoms with E-state index in [9.17, 15) is 5.21 Å². The summed E-state index contributed by atoms with van der Waals surface area (Å²) in [6, 6.07) is 9.90. The number of likely N-dealkylation sites (tertiary alicyclic amines) is 1. The van der Waals surface area contributed by atoms with E-state index in [0.717, 1.165) is 58.4 Å². The number of quaternary nitrogens is 1. The molecule has 3 aliphatic rings. The van der Waals surface area contributed by atoms with Crippen molar-refractivity contribution in [3.8, 4) is 0 Å². The van der Waals surface area contributed by atoms with Gasteiger partial charge in [-0.15, -0.1) is 0 Å². The van der Waals surface area contributed by atoms with Crippen molar-refractivity contribution in [2.24, 2.45) is 5.10 Å². The molecule has 0 radical (unpaired) electrons. The Labute approximate surface area is 169 Å². The van der Waals surface area contributed by atoms with Crippen molar-refractivity contribution in [3.05, 3.63) is 57.3 Å². The monoisotopic (exact) mass is 399 g/mol. The molecule has 6 heteroatoms. The number of aryl methyl sites for hydroxylation is 1. The fraction of sp³-hybridized carbons (Fsp3) is 0.381. The summed E-state index contributed by atoms with van der Waals surface area (Å²) < 4.78 is -0.589. The second kappa shape index (κ2) is 6.61. The van der Waals surface area contributed by atoms with Crippen molar-refractivity contribution in [2.75, 3.05) is 26.2 Å². The normalized spacial score (nSPS) is 23.3. The van der Waals surface area contributed by atoms with Crippen LogP contribution in [0.25, 0.3) is 0 Å². The maximum absolute atomic E-state index is 13.7. The molecule has 1 atom stereocenters. The smallest absolute Gasteiger partial charge is 0.170 e. The average molecular weight is 400 g/mol. The Morgan fingerprint density at radius 3 is 2.85 bits per heavy atom. The highest BCUT2D eigenvalue weighted by Crippen LogP contribution is 2.50. The largest absolute Gasteiger partial charge is 0.599 e. The van der Waals surface area contributed by atoms with Crippen LogP contribution in [0.1, 0.15) is 36.0 Å². The molecule has 0 spiro atoms. The highest BCUT2D eigenvalue weighted by molar-refractivity contribution is 7.99. The molecule has 27 heavy (non-hydrogen) atoms. The van der Waals surface area contributed by atoms with Gasteiger partial charge in [0.2, 0.25) is 0 Å². The number of halogens is 1. The molecule has 2 aromatic rings. The van der Waals surface area contributed by atoms with Gasteiger partial charge >= 0.3 is 0 Å². The van der Waals surface area contributed by atoms with Gasteiger partial charge in [0.1, 0.15) is 12.3 Å². The summed E-state index contributed by atoms with van der Waals surface area (Å²) in [6.07, 6.45) is 3.42. The van der Waals surface area contributed by atoms with Crippen molar-refractivity contribution < 1.29 is 0 Å². The van der Waals surface area contributed by atoms with E-state index < -0.39 is 4.76 Å². The summed E-state index contributed by atoms with van der Waals surface area (Å²) in [7, 11) is 0.